The van der Waals surface area contributed by atoms with Crippen LogP contribution in [0.5, 0.6) is 5.75 Å². The lowest BCUT2D eigenvalue weighted by atomic mass is 10.2. The molecule has 0 saturated heterocycles. The third-order valence-electron chi connectivity index (χ3n) is 1.74. The number of carbonyl (C=O) groups is 2. The highest BCUT2D eigenvalue weighted by molar-refractivity contribution is 6.19. The summed E-state index contributed by atoms with van der Waals surface area (Å²) in [4.78, 5) is 22.6. The van der Waals surface area contributed by atoms with Gasteiger partial charge < -0.3 is 14.2 Å². The quantitative estimate of drug-likeness (QED) is 0.474. The first-order chi connectivity index (χ1) is 8.04. The molecule has 0 aliphatic rings. The minimum Gasteiger partial charge on any atom is -0.465 e. The van der Waals surface area contributed by atoms with Crippen LogP contribution in [0.1, 0.15) is 17.3 Å². The third-order valence-corrected chi connectivity index (χ3v) is 1.83. The Kier molecular flexibility index (Phi) is 4.78. The first kappa shape index (κ1) is 13.3. The second kappa shape index (κ2) is 6.10. The van der Waals surface area contributed by atoms with Gasteiger partial charge in [-0.3, -0.25) is 0 Å². The number of hydrogen-bond donors (Lipinski definition) is 0. The second-order valence-corrected chi connectivity index (χ2v) is 3.62. The summed E-state index contributed by atoms with van der Waals surface area (Å²) in [5.41, 5.74) is -0.679. The van der Waals surface area contributed by atoms with Gasteiger partial charge in [0, 0.05) is 0 Å². The smallest absolute Gasteiger partial charge is 0.465 e. The summed E-state index contributed by atoms with van der Waals surface area (Å²) >= 11 is 5.45. The van der Waals surface area contributed by atoms with Crippen LogP contribution in [0.2, 0.25) is 0 Å². The summed E-state index contributed by atoms with van der Waals surface area (Å²) in [6, 6.07) is 6.15. The zero-order valence-electron chi connectivity index (χ0n) is 9.31. The van der Waals surface area contributed by atoms with Crippen LogP contribution in [-0.2, 0) is 9.47 Å². The molecule has 6 heteroatoms. The monoisotopic (exact) mass is 258 g/mol. The van der Waals surface area contributed by atoms with Gasteiger partial charge in [-0.25, -0.2) is 9.59 Å². The molecule has 0 spiro atoms. The molecule has 0 saturated carbocycles. The molecule has 1 aromatic carbocycles. The van der Waals surface area contributed by atoms with Crippen molar-refractivity contribution in [2.24, 2.45) is 0 Å². The molecule has 1 unspecified atom stereocenters. The van der Waals surface area contributed by atoms with E-state index in [1.807, 2.05) is 0 Å². The van der Waals surface area contributed by atoms with E-state index in [9.17, 15) is 9.59 Å². The molecule has 1 aromatic rings. The van der Waals surface area contributed by atoms with Gasteiger partial charge in [0.2, 0.25) is 0 Å². The molecule has 0 heterocycles. The lowest BCUT2D eigenvalue weighted by molar-refractivity contribution is 0.0593. The normalized spacial score (nSPS) is 11.5. The van der Waals surface area contributed by atoms with E-state index in [0.29, 0.717) is 0 Å². The van der Waals surface area contributed by atoms with Crippen molar-refractivity contribution >= 4 is 23.7 Å². The highest BCUT2D eigenvalue weighted by atomic mass is 35.5. The molecule has 0 amide bonds. The molecule has 92 valence electrons. The molecule has 0 aromatic heterocycles. The van der Waals surface area contributed by atoms with Gasteiger partial charge in [0.15, 0.2) is 5.56 Å². The fraction of sp³-hybridized carbons (Fsp3) is 0.273. The summed E-state index contributed by atoms with van der Waals surface area (Å²) in [6.07, 6.45) is -0.983. The van der Waals surface area contributed by atoms with Gasteiger partial charge in [-0.15, -0.1) is 0 Å². The fourth-order valence-electron chi connectivity index (χ4n) is 1.08. The number of benzene rings is 1. The lowest BCUT2D eigenvalue weighted by Gasteiger charge is -2.09. The molecule has 17 heavy (non-hydrogen) atoms. The molecule has 1 rings (SSSR count). The average molecular weight is 259 g/mol. The zero-order valence-corrected chi connectivity index (χ0v) is 10.1. The number of hydrogen-bond acceptors (Lipinski definition) is 5. The van der Waals surface area contributed by atoms with E-state index >= 15 is 0 Å². The van der Waals surface area contributed by atoms with Crippen molar-refractivity contribution in [3.63, 3.8) is 0 Å². The number of alkyl halides is 1. The Labute approximate surface area is 103 Å². The SMILES string of the molecule is COC(=O)c1ccccc1OC(=O)OC(C)Cl. The van der Waals surface area contributed by atoms with E-state index in [1.54, 1.807) is 12.1 Å². The van der Waals surface area contributed by atoms with Crippen LogP contribution < -0.4 is 4.74 Å². The number of methoxy groups -OCH3 is 1. The number of ether oxygens (including phenoxy) is 3. The molecule has 0 N–H and O–H groups in total. The van der Waals surface area contributed by atoms with Gasteiger partial charge in [-0.05, 0) is 19.1 Å². The van der Waals surface area contributed by atoms with Crippen LogP contribution in [-0.4, -0.2) is 24.8 Å². The van der Waals surface area contributed by atoms with E-state index in [2.05, 4.69) is 9.47 Å². The van der Waals surface area contributed by atoms with Gasteiger partial charge in [0.1, 0.15) is 11.3 Å². The van der Waals surface area contributed by atoms with E-state index in [0.717, 1.165) is 0 Å². The van der Waals surface area contributed by atoms with E-state index in [-0.39, 0.29) is 11.3 Å². The molecule has 0 radical (unpaired) electrons. The van der Waals surface area contributed by atoms with Crippen molar-refractivity contribution in [2.75, 3.05) is 7.11 Å². The molecule has 0 aliphatic carbocycles. The first-order valence-electron chi connectivity index (χ1n) is 4.74. The fourth-order valence-corrected chi connectivity index (χ4v) is 1.15. The maximum absolute atomic E-state index is 11.4. The maximum atomic E-state index is 11.4. The molecule has 5 nitrogen and oxygen atoms in total. The van der Waals surface area contributed by atoms with Gasteiger partial charge in [0.25, 0.3) is 0 Å². The topological polar surface area (TPSA) is 61.8 Å². The molecular weight excluding hydrogens is 248 g/mol. The Bertz CT molecular complexity index is 416. The highest BCUT2D eigenvalue weighted by Gasteiger charge is 2.16. The van der Waals surface area contributed by atoms with Crippen molar-refractivity contribution in [2.45, 2.75) is 12.5 Å². The number of rotatable bonds is 3. The summed E-state index contributed by atoms with van der Waals surface area (Å²) in [7, 11) is 1.23. The highest BCUT2D eigenvalue weighted by Crippen LogP contribution is 2.19. The molecular formula is C11H11ClO5. The number of esters is 1. The van der Waals surface area contributed by atoms with Crippen molar-refractivity contribution in [3.8, 4) is 5.75 Å². The Hall–Kier alpha value is -1.75. The minimum atomic E-state index is -0.983. The van der Waals surface area contributed by atoms with Crippen LogP contribution in [0.25, 0.3) is 0 Å². The number of halogens is 1. The average Bonchev–Trinajstić information content (AvgIpc) is 2.27. The van der Waals surface area contributed by atoms with Gasteiger partial charge in [-0.2, -0.15) is 0 Å². The van der Waals surface area contributed by atoms with Crippen LogP contribution in [0, 0.1) is 0 Å². The van der Waals surface area contributed by atoms with Crippen LogP contribution >= 0.6 is 11.6 Å². The summed E-state index contributed by atoms with van der Waals surface area (Å²) in [5, 5.41) is 0. The van der Waals surface area contributed by atoms with Crippen molar-refractivity contribution < 1.29 is 23.8 Å². The van der Waals surface area contributed by atoms with Crippen LogP contribution in [0.15, 0.2) is 24.3 Å². The largest absolute Gasteiger partial charge is 0.515 e. The predicted molar refractivity (Wildman–Crippen MR) is 60.2 cm³/mol. The Morgan fingerprint density at radius 2 is 1.94 bits per heavy atom. The summed E-state index contributed by atoms with van der Waals surface area (Å²) < 4.78 is 14.0. The standard InChI is InChI=1S/C11H11ClO5/c1-7(12)16-11(14)17-9-6-4-3-5-8(9)10(13)15-2/h3-7H,1-2H3. The number of carbonyl (C=O) groups excluding carboxylic acids is 2. The van der Waals surface area contributed by atoms with Gasteiger partial charge in [-0.1, -0.05) is 23.7 Å². The maximum Gasteiger partial charge on any atom is 0.515 e. The lowest BCUT2D eigenvalue weighted by Crippen LogP contribution is -2.16. The van der Waals surface area contributed by atoms with Crippen molar-refractivity contribution in [1.29, 1.82) is 0 Å². The second-order valence-electron chi connectivity index (χ2n) is 3.00. The van der Waals surface area contributed by atoms with Crippen molar-refractivity contribution in [1.82, 2.24) is 0 Å². The van der Waals surface area contributed by atoms with Crippen LogP contribution in [0.4, 0.5) is 4.79 Å². The molecule has 0 aliphatic heterocycles. The summed E-state index contributed by atoms with van der Waals surface area (Å²) in [5.74, 6) is -0.547. The third kappa shape index (κ3) is 3.96. The van der Waals surface area contributed by atoms with E-state index in [4.69, 9.17) is 16.3 Å². The minimum absolute atomic E-state index is 0.0571. The van der Waals surface area contributed by atoms with Crippen LogP contribution in [0.3, 0.4) is 0 Å². The van der Waals surface area contributed by atoms with Gasteiger partial charge in [0.05, 0.1) is 7.11 Å². The Morgan fingerprint density at radius 3 is 2.53 bits per heavy atom. The summed E-state index contributed by atoms with van der Waals surface area (Å²) in [6.45, 7) is 1.47. The van der Waals surface area contributed by atoms with Crippen molar-refractivity contribution in [3.05, 3.63) is 29.8 Å². The van der Waals surface area contributed by atoms with E-state index in [1.165, 1.54) is 26.2 Å². The van der Waals surface area contributed by atoms with E-state index < -0.39 is 17.7 Å². The molecule has 1 atom stereocenters. The molecule has 0 bridgehead atoms. The first-order valence-corrected chi connectivity index (χ1v) is 5.18. The predicted octanol–water partition coefficient (Wildman–Crippen LogP) is 2.57. The van der Waals surface area contributed by atoms with Gasteiger partial charge >= 0.3 is 12.1 Å². The molecule has 0 fully saturated rings. The number of para-hydroxylation sites is 1. The Balaban J connectivity index is 2.83. The Morgan fingerprint density at radius 1 is 1.29 bits per heavy atom. The zero-order chi connectivity index (χ0) is 12.8.